The van der Waals surface area contributed by atoms with Gasteiger partial charge in [0.15, 0.2) is 0 Å². The van der Waals surface area contributed by atoms with E-state index in [-0.39, 0.29) is 18.0 Å². The Balaban J connectivity index is 1.64. The molecule has 126 valence electrons. The van der Waals surface area contributed by atoms with Crippen molar-refractivity contribution in [3.8, 4) is 0 Å². The summed E-state index contributed by atoms with van der Waals surface area (Å²) in [7, 11) is 0. The molecule has 4 rings (SSSR count). The molecule has 0 aromatic heterocycles. The van der Waals surface area contributed by atoms with Gasteiger partial charge < -0.3 is 14.4 Å². The van der Waals surface area contributed by atoms with Gasteiger partial charge in [-0.25, -0.2) is 0 Å². The molecule has 6 heteroatoms. The first-order valence-corrected chi connectivity index (χ1v) is 8.96. The number of hydrogen-bond acceptors (Lipinski definition) is 4. The van der Waals surface area contributed by atoms with E-state index in [9.17, 15) is 9.59 Å². The number of ether oxygens (including phenoxy) is 2. The molecule has 2 fully saturated rings. The van der Waals surface area contributed by atoms with Crippen LogP contribution in [0.4, 0.5) is 5.69 Å². The minimum absolute atomic E-state index is 0.0670. The zero-order valence-electron chi connectivity index (χ0n) is 13.3. The highest BCUT2D eigenvalue weighted by Gasteiger charge is 2.67. The minimum Gasteiger partial charge on any atom is -0.465 e. The van der Waals surface area contributed by atoms with Gasteiger partial charge in [-0.15, -0.1) is 0 Å². The Morgan fingerprint density at radius 1 is 1.42 bits per heavy atom. The lowest BCUT2D eigenvalue weighted by molar-refractivity contribution is -0.152. The molecule has 4 atom stereocenters. The van der Waals surface area contributed by atoms with E-state index in [4.69, 9.17) is 9.47 Å². The van der Waals surface area contributed by atoms with Crippen LogP contribution in [0.5, 0.6) is 0 Å². The van der Waals surface area contributed by atoms with Crippen LogP contribution in [0, 0.1) is 11.8 Å². The molecule has 1 aromatic carbocycles. The van der Waals surface area contributed by atoms with Gasteiger partial charge in [-0.1, -0.05) is 35.0 Å². The normalized spacial score (nSPS) is 33.2. The molecule has 5 nitrogen and oxygen atoms in total. The lowest BCUT2D eigenvalue weighted by Gasteiger charge is -2.22. The molecule has 0 unspecified atom stereocenters. The highest BCUT2D eigenvalue weighted by atomic mass is 79.9. The number of fused-ring (bicyclic) bond motifs is 1. The molecular weight excluding hydrogens is 374 g/mol. The van der Waals surface area contributed by atoms with Crippen LogP contribution in [0.3, 0.4) is 0 Å². The summed E-state index contributed by atoms with van der Waals surface area (Å²) in [6.07, 6.45) is 4.25. The van der Waals surface area contributed by atoms with Gasteiger partial charge in [-0.05, 0) is 30.7 Å². The number of halogens is 1. The van der Waals surface area contributed by atoms with Crippen LogP contribution in [0.15, 0.2) is 40.9 Å². The van der Waals surface area contributed by atoms with Gasteiger partial charge >= 0.3 is 5.97 Å². The predicted octanol–water partition coefficient (Wildman–Crippen LogP) is 2.69. The smallest absolute Gasteiger partial charge is 0.312 e. The topological polar surface area (TPSA) is 55.8 Å². The summed E-state index contributed by atoms with van der Waals surface area (Å²) in [5.41, 5.74) is 0.109. The van der Waals surface area contributed by atoms with Crippen LogP contribution in [0.25, 0.3) is 0 Å². The first-order chi connectivity index (χ1) is 11.6. The van der Waals surface area contributed by atoms with Crippen molar-refractivity contribution in [1.82, 2.24) is 0 Å². The molecule has 0 saturated carbocycles. The van der Waals surface area contributed by atoms with E-state index in [0.717, 1.165) is 16.6 Å². The quantitative estimate of drug-likeness (QED) is 0.584. The Hall–Kier alpha value is -1.66. The second kappa shape index (κ2) is 5.70. The van der Waals surface area contributed by atoms with E-state index < -0.39 is 17.4 Å². The largest absolute Gasteiger partial charge is 0.465 e. The maximum atomic E-state index is 13.0. The van der Waals surface area contributed by atoms with Crippen molar-refractivity contribution in [2.45, 2.75) is 25.0 Å². The Labute approximate surface area is 148 Å². The summed E-state index contributed by atoms with van der Waals surface area (Å²) in [5, 5.41) is 0. The number of carbonyl (C=O) groups is 2. The number of rotatable bonds is 4. The van der Waals surface area contributed by atoms with Crippen LogP contribution in [0.2, 0.25) is 0 Å². The Kier molecular flexibility index (Phi) is 3.77. The van der Waals surface area contributed by atoms with Gasteiger partial charge in [0.2, 0.25) is 5.91 Å². The monoisotopic (exact) mass is 391 g/mol. The number of esters is 1. The second-order valence-electron chi connectivity index (χ2n) is 6.47. The van der Waals surface area contributed by atoms with Gasteiger partial charge in [0, 0.05) is 10.2 Å². The Morgan fingerprint density at radius 2 is 2.17 bits per heavy atom. The summed E-state index contributed by atoms with van der Waals surface area (Å²) in [5.74, 6) is -1.44. The van der Waals surface area contributed by atoms with E-state index >= 15 is 0 Å². The van der Waals surface area contributed by atoms with Crippen LogP contribution in [0.1, 0.15) is 13.3 Å². The molecule has 3 aliphatic heterocycles. The third-order valence-electron chi connectivity index (χ3n) is 4.96. The molecule has 0 N–H and O–H groups in total. The molecule has 0 aliphatic carbocycles. The first-order valence-electron chi connectivity index (χ1n) is 8.16. The lowest BCUT2D eigenvalue weighted by atomic mass is 9.77. The maximum Gasteiger partial charge on any atom is 0.312 e. The average molecular weight is 392 g/mol. The SMILES string of the molecule is CCCOC(=O)[C@H]1[C@@H]2C=C[C@@]3(CN(c4ccc(Br)cc4)C(=O)[C@H]13)O2. The zero-order chi connectivity index (χ0) is 16.9. The van der Waals surface area contributed by atoms with E-state index in [2.05, 4.69) is 15.9 Å². The fourth-order valence-corrected chi connectivity index (χ4v) is 4.17. The van der Waals surface area contributed by atoms with Gasteiger partial charge in [0.25, 0.3) is 0 Å². The lowest BCUT2D eigenvalue weighted by Crippen LogP contribution is -2.40. The van der Waals surface area contributed by atoms with Crippen LogP contribution < -0.4 is 4.90 Å². The van der Waals surface area contributed by atoms with Crippen LogP contribution in [-0.4, -0.2) is 36.7 Å². The molecule has 24 heavy (non-hydrogen) atoms. The van der Waals surface area contributed by atoms with Crippen molar-refractivity contribution in [3.63, 3.8) is 0 Å². The third-order valence-corrected chi connectivity index (χ3v) is 5.49. The van der Waals surface area contributed by atoms with Crippen LogP contribution >= 0.6 is 15.9 Å². The van der Waals surface area contributed by atoms with Gasteiger partial charge in [0.1, 0.15) is 11.5 Å². The molecule has 1 aromatic rings. The zero-order valence-corrected chi connectivity index (χ0v) is 14.9. The van der Waals surface area contributed by atoms with Gasteiger partial charge in [0.05, 0.1) is 25.2 Å². The minimum atomic E-state index is -0.704. The molecule has 0 radical (unpaired) electrons. The van der Waals surface area contributed by atoms with Gasteiger partial charge in [-0.2, -0.15) is 0 Å². The standard InChI is InChI=1S/C18H18BrNO4/c1-2-9-23-17(22)14-13-7-8-18(24-13)10-20(16(21)15(14)18)12-5-3-11(19)4-6-12/h3-8,13-15H,2,9-10H2,1H3/t13-,14-,15-,18-/m0/s1. The Bertz CT molecular complexity index is 716. The second-order valence-corrected chi connectivity index (χ2v) is 7.38. The molecule has 1 spiro atoms. The highest BCUT2D eigenvalue weighted by Crippen LogP contribution is 2.52. The summed E-state index contributed by atoms with van der Waals surface area (Å²) in [6.45, 7) is 2.75. The molecular formula is C18H18BrNO4. The molecule has 2 bridgehead atoms. The van der Waals surface area contributed by atoms with Crippen molar-refractivity contribution in [3.05, 3.63) is 40.9 Å². The number of nitrogens with zero attached hydrogens (tertiary/aromatic N) is 1. The number of carbonyl (C=O) groups excluding carboxylic acids is 2. The van der Waals surface area contributed by atoms with E-state index in [1.165, 1.54) is 0 Å². The van der Waals surface area contributed by atoms with E-state index in [1.54, 1.807) is 4.90 Å². The number of benzene rings is 1. The first kappa shape index (κ1) is 15.8. The summed E-state index contributed by atoms with van der Waals surface area (Å²) >= 11 is 3.40. The van der Waals surface area contributed by atoms with Gasteiger partial charge in [-0.3, -0.25) is 9.59 Å². The highest BCUT2D eigenvalue weighted by molar-refractivity contribution is 9.10. The average Bonchev–Trinajstić information content (AvgIpc) is 3.22. The summed E-state index contributed by atoms with van der Waals surface area (Å²) in [4.78, 5) is 27.2. The summed E-state index contributed by atoms with van der Waals surface area (Å²) < 4.78 is 12.3. The fourth-order valence-electron chi connectivity index (χ4n) is 3.91. The number of hydrogen-bond donors (Lipinski definition) is 0. The third kappa shape index (κ3) is 2.24. The molecule has 3 heterocycles. The van der Waals surface area contributed by atoms with Crippen molar-refractivity contribution in [2.75, 3.05) is 18.1 Å². The van der Waals surface area contributed by atoms with E-state index in [1.807, 2.05) is 43.3 Å². The van der Waals surface area contributed by atoms with E-state index in [0.29, 0.717) is 13.2 Å². The van der Waals surface area contributed by atoms with Crippen molar-refractivity contribution in [1.29, 1.82) is 0 Å². The molecule has 2 saturated heterocycles. The number of anilines is 1. The predicted molar refractivity (Wildman–Crippen MR) is 91.5 cm³/mol. The number of amides is 1. The van der Waals surface area contributed by atoms with Crippen LogP contribution in [-0.2, 0) is 19.1 Å². The van der Waals surface area contributed by atoms with Crippen molar-refractivity contribution >= 4 is 33.5 Å². The molecule has 1 amide bonds. The Morgan fingerprint density at radius 3 is 2.88 bits per heavy atom. The summed E-state index contributed by atoms with van der Waals surface area (Å²) in [6, 6.07) is 7.57. The van der Waals surface area contributed by atoms with Crippen molar-refractivity contribution in [2.24, 2.45) is 11.8 Å². The maximum absolute atomic E-state index is 13.0. The molecule has 3 aliphatic rings. The van der Waals surface area contributed by atoms with Crippen molar-refractivity contribution < 1.29 is 19.1 Å². The fraction of sp³-hybridized carbons (Fsp3) is 0.444.